The van der Waals surface area contributed by atoms with Crippen LogP contribution >= 0.6 is 23.1 Å². The van der Waals surface area contributed by atoms with E-state index in [9.17, 15) is 14.7 Å². The van der Waals surface area contributed by atoms with Gasteiger partial charge in [-0.15, -0.1) is 11.3 Å². The van der Waals surface area contributed by atoms with Gasteiger partial charge in [0.15, 0.2) is 0 Å². The maximum absolute atomic E-state index is 12.3. The molecular formula is C19H18N3O3S2-. The zero-order chi connectivity index (χ0) is 19.4. The van der Waals surface area contributed by atoms with Crippen LogP contribution in [-0.4, -0.2) is 33.6 Å². The molecule has 3 rings (SSSR count). The van der Waals surface area contributed by atoms with Gasteiger partial charge in [-0.3, -0.25) is 4.79 Å². The molecule has 3 aromatic rings. The molecule has 27 heavy (non-hydrogen) atoms. The molecule has 0 aliphatic rings. The fourth-order valence-electron chi connectivity index (χ4n) is 2.67. The average molecular weight is 401 g/mol. The number of thioether (sulfide) groups is 1. The minimum atomic E-state index is -1.30. The van der Waals surface area contributed by atoms with Crippen LogP contribution in [0.2, 0.25) is 0 Å². The number of hydrogen-bond donors (Lipinski definition) is 1. The Bertz CT molecular complexity index is 973. The molecule has 2 heterocycles. The van der Waals surface area contributed by atoms with Crippen LogP contribution in [-0.2, 0) is 16.0 Å². The number of benzene rings is 1. The SMILES string of the molecule is Cc1sc2ncnc(SCC(=O)N[C@H](Cc3ccccc3)C(=O)[O-])c2c1C. The summed E-state index contributed by atoms with van der Waals surface area (Å²) in [5.41, 5.74) is 1.93. The van der Waals surface area contributed by atoms with E-state index >= 15 is 0 Å². The zero-order valence-electron chi connectivity index (χ0n) is 14.9. The molecule has 8 heteroatoms. The lowest BCUT2D eigenvalue weighted by atomic mass is 10.1. The second-order valence-electron chi connectivity index (χ2n) is 6.06. The molecule has 0 radical (unpaired) electrons. The molecule has 0 bridgehead atoms. The number of aromatic nitrogens is 2. The Hall–Kier alpha value is -2.45. The molecule has 1 aromatic carbocycles. The van der Waals surface area contributed by atoms with Crippen molar-refractivity contribution in [1.29, 1.82) is 0 Å². The number of fused-ring (bicyclic) bond motifs is 1. The summed E-state index contributed by atoms with van der Waals surface area (Å²) in [4.78, 5) is 34.3. The van der Waals surface area contributed by atoms with Gasteiger partial charge in [0.1, 0.15) is 16.2 Å². The summed E-state index contributed by atoms with van der Waals surface area (Å²) < 4.78 is 0. The Morgan fingerprint density at radius 2 is 1.96 bits per heavy atom. The molecule has 1 amide bonds. The standard InChI is InChI=1S/C19H19N3O3S2/c1-11-12(2)27-18-16(11)17(20-10-21-18)26-9-15(23)22-14(19(24)25)8-13-6-4-3-5-7-13/h3-7,10,14H,8-9H2,1-2H3,(H,22,23)(H,24,25)/p-1/t14-/m1/s1. The predicted molar refractivity (Wildman–Crippen MR) is 105 cm³/mol. The highest BCUT2D eigenvalue weighted by molar-refractivity contribution is 8.00. The third-order valence-corrected chi connectivity index (χ3v) is 6.28. The number of carbonyl (C=O) groups is 2. The second-order valence-corrected chi connectivity index (χ2v) is 8.23. The summed E-state index contributed by atoms with van der Waals surface area (Å²) in [5.74, 6) is -1.61. The van der Waals surface area contributed by atoms with Crippen LogP contribution in [0.3, 0.4) is 0 Å². The van der Waals surface area contributed by atoms with Crippen LogP contribution in [0.4, 0.5) is 0 Å². The van der Waals surface area contributed by atoms with Gasteiger partial charge in [0.25, 0.3) is 0 Å². The van der Waals surface area contributed by atoms with Gasteiger partial charge in [-0.25, -0.2) is 9.97 Å². The predicted octanol–water partition coefficient (Wildman–Crippen LogP) is 1.88. The number of aryl methyl sites for hydroxylation is 2. The van der Waals surface area contributed by atoms with E-state index in [4.69, 9.17) is 0 Å². The minimum Gasteiger partial charge on any atom is -0.548 e. The van der Waals surface area contributed by atoms with Gasteiger partial charge in [-0.2, -0.15) is 0 Å². The Balaban J connectivity index is 1.66. The molecule has 0 spiro atoms. The molecule has 0 saturated heterocycles. The van der Waals surface area contributed by atoms with E-state index in [-0.39, 0.29) is 18.1 Å². The number of aliphatic carboxylic acids is 1. The Morgan fingerprint density at radius 1 is 1.22 bits per heavy atom. The van der Waals surface area contributed by atoms with Crippen LogP contribution in [0.5, 0.6) is 0 Å². The largest absolute Gasteiger partial charge is 0.548 e. The summed E-state index contributed by atoms with van der Waals surface area (Å²) in [7, 11) is 0. The lowest BCUT2D eigenvalue weighted by Gasteiger charge is -2.19. The van der Waals surface area contributed by atoms with Gasteiger partial charge in [0.2, 0.25) is 5.91 Å². The first-order valence-electron chi connectivity index (χ1n) is 8.33. The number of thiophene rings is 1. The van der Waals surface area contributed by atoms with Crippen molar-refractivity contribution in [2.45, 2.75) is 31.3 Å². The first-order valence-corrected chi connectivity index (χ1v) is 10.1. The van der Waals surface area contributed by atoms with Crippen molar-refractivity contribution in [3.63, 3.8) is 0 Å². The molecule has 140 valence electrons. The first-order chi connectivity index (χ1) is 13.0. The number of amides is 1. The number of nitrogens with one attached hydrogen (secondary N) is 1. The lowest BCUT2D eigenvalue weighted by molar-refractivity contribution is -0.308. The Morgan fingerprint density at radius 3 is 2.67 bits per heavy atom. The van der Waals surface area contributed by atoms with Crippen molar-refractivity contribution >= 4 is 45.2 Å². The number of rotatable bonds is 7. The summed E-state index contributed by atoms with van der Waals surface area (Å²) in [6.45, 7) is 4.03. The van der Waals surface area contributed by atoms with Crippen molar-refractivity contribution in [3.8, 4) is 0 Å². The molecule has 2 aromatic heterocycles. The quantitative estimate of drug-likeness (QED) is 0.481. The number of carboxylic acids is 1. The third-order valence-electron chi connectivity index (χ3n) is 4.17. The minimum absolute atomic E-state index is 0.0685. The topological polar surface area (TPSA) is 95.0 Å². The van der Waals surface area contributed by atoms with Gasteiger partial charge in [0.05, 0.1) is 17.8 Å². The maximum Gasteiger partial charge on any atom is 0.230 e. The Labute approximate surface area is 165 Å². The molecule has 1 atom stereocenters. The molecular weight excluding hydrogens is 382 g/mol. The van der Waals surface area contributed by atoms with E-state index in [1.54, 1.807) is 11.3 Å². The third kappa shape index (κ3) is 4.64. The normalized spacial score (nSPS) is 12.1. The molecule has 0 unspecified atom stereocenters. The van der Waals surface area contributed by atoms with Crippen LogP contribution in [0.25, 0.3) is 10.2 Å². The molecule has 6 nitrogen and oxygen atoms in total. The molecule has 0 aliphatic carbocycles. The number of carboxylic acid groups (broad SMARTS) is 1. The number of carbonyl (C=O) groups excluding carboxylic acids is 2. The van der Waals surface area contributed by atoms with E-state index in [2.05, 4.69) is 15.3 Å². The summed E-state index contributed by atoms with van der Waals surface area (Å²) in [6, 6.07) is 8.06. The van der Waals surface area contributed by atoms with Crippen LogP contribution in [0.15, 0.2) is 41.7 Å². The van der Waals surface area contributed by atoms with Gasteiger partial charge in [-0.1, -0.05) is 42.1 Å². The van der Waals surface area contributed by atoms with Gasteiger partial charge in [-0.05, 0) is 31.4 Å². The van der Waals surface area contributed by atoms with Gasteiger partial charge < -0.3 is 15.2 Å². The monoisotopic (exact) mass is 400 g/mol. The first kappa shape index (κ1) is 19.3. The smallest absolute Gasteiger partial charge is 0.230 e. The highest BCUT2D eigenvalue weighted by Gasteiger charge is 2.17. The van der Waals surface area contributed by atoms with Crippen LogP contribution in [0, 0.1) is 13.8 Å². The summed E-state index contributed by atoms with van der Waals surface area (Å²) in [6.07, 6.45) is 1.66. The van der Waals surface area contributed by atoms with Crippen molar-refractivity contribution in [2.24, 2.45) is 0 Å². The molecule has 0 fully saturated rings. The van der Waals surface area contributed by atoms with Crippen molar-refractivity contribution in [3.05, 3.63) is 52.7 Å². The highest BCUT2D eigenvalue weighted by Crippen LogP contribution is 2.34. The van der Waals surface area contributed by atoms with Gasteiger partial charge in [0, 0.05) is 10.3 Å². The fourth-order valence-corrected chi connectivity index (χ4v) is 4.60. The number of nitrogens with zero attached hydrogens (tertiary/aromatic N) is 2. The van der Waals surface area contributed by atoms with E-state index < -0.39 is 12.0 Å². The highest BCUT2D eigenvalue weighted by atomic mass is 32.2. The lowest BCUT2D eigenvalue weighted by Crippen LogP contribution is -2.49. The van der Waals surface area contributed by atoms with Crippen LogP contribution < -0.4 is 10.4 Å². The summed E-state index contributed by atoms with van der Waals surface area (Å²) >= 11 is 2.87. The summed E-state index contributed by atoms with van der Waals surface area (Å²) in [5, 5.41) is 15.6. The van der Waals surface area contributed by atoms with Crippen LogP contribution in [0.1, 0.15) is 16.0 Å². The molecule has 1 N–H and O–H groups in total. The average Bonchev–Trinajstić information content (AvgIpc) is 2.95. The second kappa shape index (κ2) is 8.49. The molecule has 0 aliphatic heterocycles. The van der Waals surface area contributed by atoms with Crippen molar-refractivity contribution in [1.82, 2.24) is 15.3 Å². The van der Waals surface area contributed by atoms with E-state index in [0.717, 1.165) is 31.2 Å². The zero-order valence-corrected chi connectivity index (χ0v) is 16.5. The van der Waals surface area contributed by atoms with Gasteiger partial charge >= 0.3 is 0 Å². The fraction of sp³-hybridized carbons (Fsp3) is 0.263. The van der Waals surface area contributed by atoms with E-state index in [0.29, 0.717) is 0 Å². The van der Waals surface area contributed by atoms with Crippen molar-refractivity contribution in [2.75, 3.05) is 5.75 Å². The number of hydrogen-bond acceptors (Lipinski definition) is 7. The van der Waals surface area contributed by atoms with E-state index in [1.165, 1.54) is 18.1 Å². The maximum atomic E-state index is 12.3. The van der Waals surface area contributed by atoms with Crippen molar-refractivity contribution < 1.29 is 14.7 Å². The molecule has 0 saturated carbocycles. The van der Waals surface area contributed by atoms with E-state index in [1.807, 2.05) is 44.2 Å². The Kier molecular flexibility index (Phi) is 6.08.